The standard InChI is InChI=1S/C19H30N2/c1-15-9-16(2)11-18(10-15)13-21-14-19(20-12-17(21)3)7-5-4-6-8-19/h9-11,17,20H,4-8,12-14H2,1-3H3. The second-order valence-corrected chi connectivity index (χ2v) is 7.47. The third kappa shape index (κ3) is 3.49. The highest BCUT2D eigenvalue weighted by Gasteiger charge is 2.38. The Morgan fingerprint density at radius 3 is 2.43 bits per heavy atom. The summed E-state index contributed by atoms with van der Waals surface area (Å²) in [6.07, 6.45) is 6.96. The van der Waals surface area contributed by atoms with Crippen LogP contribution in [0, 0.1) is 13.8 Å². The van der Waals surface area contributed by atoms with Gasteiger partial charge in [0.15, 0.2) is 0 Å². The first-order chi connectivity index (χ1) is 10.1. The highest BCUT2D eigenvalue weighted by molar-refractivity contribution is 5.28. The molecule has 3 rings (SSSR count). The van der Waals surface area contributed by atoms with Crippen molar-refractivity contribution in [2.24, 2.45) is 0 Å². The van der Waals surface area contributed by atoms with E-state index in [2.05, 4.69) is 49.2 Å². The second-order valence-electron chi connectivity index (χ2n) is 7.47. The Morgan fingerprint density at radius 2 is 1.76 bits per heavy atom. The van der Waals surface area contributed by atoms with Crippen LogP contribution >= 0.6 is 0 Å². The van der Waals surface area contributed by atoms with Gasteiger partial charge in [0, 0.05) is 31.2 Å². The van der Waals surface area contributed by atoms with Gasteiger partial charge in [-0.15, -0.1) is 0 Å². The van der Waals surface area contributed by atoms with Crippen LogP contribution in [0.2, 0.25) is 0 Å². The number of nitrogens with zero attached hydrogens (tertiary/aromatic N) is 1. The van der Waals surface area contributed by atoms with Crippen LogP contribution in [0.1, 0.15) is 55.7 Å². The summed E-state index contributed by atoms with van der Waals surface area (Å²) in [6.45, 7) is 10.3. The zero-order valence-electron chi connectivity index (χ0n) is 13.9. The molecule has 1 aromatic rings. The summed E-state index contributed by atoms with van der Waals surface area (Å²) in [7, 11) is 0. The van der Waals surface area contributed by atoms with E-state index in [0.29, 0.717) is 11.6 Å². The van der Waals surface area contributed by atoms with Crippen molar-refractivity contribution in [1.29, 1.82) is 0 Å². The zero-order valence-corrected chi connectivity index (χ0v) is 13.9. The predicted octanol–water partition coefficient (Wildman–Crippen LogP) is 3.80. The van der Waals surface area contributed by atoms with Gasteiger partial charge >= 0.3 is 0 Å². The molecule has 2 nitrogen and oxygen atoms in total. The van der Waals surface area contributed by atoms with Gasteiger partial charge in [0.05, 0.1) is 0 Å². The molecule has 0 radical (unpaired) electrons. The van der Waals surface area contributed by atoms with Crippen molar-refractivity contribution < 1.29 is 0 Å². The SMILES string of the molecule is Cc1cc(C)cc(CN2CC3(CCCCC3)NCC2C)c1. The zero-order chi connectivity index (χ0) is 14.9. The Hall–Kier alpha value is -0.860. The summed E-state index contributed by atoms with van der Waals surface area (Å²) in [5.74, 6) is 0. The van der Waals surface area contributed by atoms with Crippen LogP contribution in [0.15, 0.2) is 18.2 Å². The minimum Gasteiger partial charge on any atom is -0.308 e. The summed E-state index contributed by atoms with van der Waals surface area (Å²) in [5.41, 5.74) is 4.66. The van der Waals surface area contributed by atoms with Crippen LogP contribution in [0.4, 0.5) is 0 Å². The Kier molecular flexibility index (Phi) is 4.37. The van der Waals surface area contributed by atoms with Crippen LogP contribution in [0.5, 0.6) is 0 Å². The first kappa shape index (κ1) is 15.1. The van der Waals surface area contributed by atoms with Gasteiger partial charge in [-0.3, -0.25) is 4.90 Å². The third-order valence-corrected chi connectivity index (χ3v) is 5.38. The lowest BCUT2D eigenvalue weighted by Gasteiger charge is -2.49. The van der Waals surface area contributed by atoms with Crippen molar-refractivity contribution in [3.05, 3.63) is 34.9 Å². The summed E-state index contributed by atoms with van der Waals surface area (Å²) in [6, 6.07) is 7.62. The summed E-state index contributed by atoms with van der Waals surface area (Å²) < 4.78 is 0. The minimum atomic E-state index is 0.406. The van der Waals surface area contributed by atoms with E-state index in [0.717, 1.165) is 13.1 Å². The van der Waals surface area contributed by atoms with Gasteiger partial charge in [-0.2, -0.15) is 0 Å². The molecule has 21 heavy (non-hydrogen) atoms. The van der Waals surface area contributed by atoms with Gasteiger partial charge in [-0.25, -0.2) is 0 Å². The molecular weight excluding hydrogens is 256 g/mol. The maximum atomic E-state index is 3.88. The molecule has 1 aromatic carbocycles. The average Bonchev–Trinajstić information content (AvgIpc) is 2.43. The van der Waals surface area contributed by atoms with E-state index < -0.39 is 0 Å². The Morgan fingerprint density at radius 1 is 1.10 bits per heavy atom. The molecule has 1 spiro atoms. The van der Waals surface area contributed by atoms with Crippen LogP contribution in [-0.4, -0.2) is 29.6 Å². The van der Waals surface area contributed by atoms with Crippen molar-refractivity contribution in [3.63, 3.8) is 0 Å². The molecule has 1 unspecified atom stereocenters. The molecule has 1 aliphatic heterocycles. The topological polar surface area (TPSA) is 15.3 Å². The van der Waals surface area contributed by atoms with Crippen LogP contribution in [-0.2, 0) is 6.54 Å². The summed E-state index contributed by atoms with van der Waals surface area (Å²) >= 11 is 0. The van der Waals surface area contributed by atoms with E-state index in [4.69, 9.17) is 0 Å². The average molecular weight is 286 g/mol. The molecule has 0 amide bonds. The predicted molar refractivity (Wildman–Crippen MR) is 89.6 cm³/mol. The molecule has 1 saturated heterocycles. The fourth-order valence-electron chi connectivity index (χ4n) is 4.26. The number of aryl methyl sites for hydroxylation is 2. The van der Waals surface area contributed by atoms with Gasteiger partial charge in [-0.1, -0.05) is 48.6 Å². The van der Waals surface area contributed by atoms with Crippen molar-refractivity contribution in [3.8, 4) is 0 Å². The van der Waals surface area contributed by atoms with E-state index >= 15 is 0 Å². The third-order valence-electron chi connectivity index (χ3n) is 5.38. The van der Waals surface area contributed by atoms with E-state index in [1.807, 2.05) is 0 Å². The van der Waals surface area contributed by atoms with Gasteiger partial charge in [0.1, 0.15) is 0 Å². The number of piperazine rings is 1. The number of hydrogen-bond donors (Lipinski definition) is 1. The molecule has 116 valence electrons. The van der Waals surface area contributed by atoms with E-state index in [9.17, 15) is 0 Å². The van der Waals surface area contributed by atoms with Crippen LogP contribution < -0.4 is 5.32 Å². The maximum absolute atomic E-state index is 3.88. The molecule has 2 heteroatoms. The fourth-order valence-corrected chi connectivity index (χ4v) is 4.26. The molecule has 2 aliphatic rings. The highest BCUT2D eigenvalue weighted by atomic mass is 15.2. The lowest BCUT2D eigenvalue weighted by molar-refractivity contribution is 0.0573. The van der Waals surface area contributed by atoms with Crippen molar-refractivity contribution in [2.75, 3.05) is 13.1 Å². The number of nitrogens with one attached hydrogen (secondary N) is 1. The maximum Gasteiger partial charge on any atom is 0.0309 e. The smallest absolute Gasteiger partial charge is 0.0309 e. The first-order valence-electron chi connectivity index (χ1n) is 8.63. The molecule has 1 saturated carbocycles. The molecule has 0 bridgehead atoms. The van der Waals surface area contributed by atoms with E-state index in [1.54, 1.807) is 0 Å². The van der Waals surface area contributed by atoms with Gasteiger partial charge in [-0.05, 0) is 39.2 Å². The van der Waals surface area contributed by atoms with Crippen LogP contribution in [0.25, 0.3) is 0 Å². The molecule has 1 atom stereocenters. The Balaban J connectivity index is 1.73. The van der Waals surface area contributed by atoms with Gasteiger partial charge in [0.2, 0.25) is 0 Å². The molecule has 0 aromatic heterocycles. The number of benzene rings is 1. The van der Waals surface area contributed by atoms with Gasteiger partial charge < -0.3 is 5.32 Å². The van der Waals surface area contributed by atoms with Crippen LogP contribution in [0.3, 0.4) is 0 Å². The largest absolute Gasteiger partial charge is 0.308 e. The number of rotatable bonds is 2. The molecule has 1 heterocycles. The van der Waals surface area contributed by atoms with Crippen molar-refractivity contribution in [1.82, 2.24) is 10.2 Å². The quantitative estimate of drug-likeness (QED) is 0.889. The second kappa shape index (κ2) is 6.10. The number of hydrogen-bond acceptors (Lipinski definition) is 2. The Labute approximate surface area is 129 Å². The summed E-state index contributed by atoms with van der Waals surface area (Å²) in [5, 5.41) is 3.88. The van der Waals surface area contributed by atoms with E-state index in [-0.39, 0.29) is 0 Å². The monoisotopic (exact) mass is 286 g/mol. The molecule has 1 aliphatic carbocycles. The fraction of sp³-hybridized carbons (Fsp3) is 0.684. The van der Waals surface area contributed by atoms with Gasteiger partial charge in [0.25, 0.3) is 0 Å². The van der Waals surface area contributed by atoms with E-state index in [1.165, 1.54) is 55.3 Å². The minimum absolute atomic E-state index is 0.406. The Bertz CT molecular complexity index is 468. The van der Waals surface area contributed by atoms with Crippen molar-refractivity contribution >= 4 is 0 Å². The normalized spacial score (nSPS) is 26.1. The lowest BCUT2D eigenvalue weighted by atomic mass is 9.79. The van der Waals surface area contributed by atoms with Crippen molar-refractivity contribution in [2.45, 2.75) is 71.0 Å². The molecule has 1 N–H and O–H groups in total. The molecule has 2 fully saturated rings. The highest BCUT2D eigenvalue weighted by Crippen LogP contribution is 2.32. The first-order valence-corrected chi connectivity index (χ1v) is 8.63. The summed E-state index contributed by atoms with van der Waals surface area (Å²) in [4.78, 5) is 2.70. The lowest BCUT2D eigenvalue weighted by Crippen LogP contribution is -2.63. The molecular formula is C19H30N2.